The van der Waals surface area contributed by atoms with E-state index in [4.69, 9.17) is 15.0 Å². The van der Waals surface area contributed by atoms with Crippen molar-refractivity contribution >= 4 is 44.0 Å². The number of para-hydroxylation sites is 1. The number of rotatable bonds is 3. The minimum absolute atomic E-state index is 0.872. The zero-order chi connectivity index (χ0) is 29.5. The Bertz CT molecular complexity index is 2570. The van der Waals surface area contributed by atoms with Crippen molar-refractivity contribution in [3.63, 3.8) is 0 Å². The molecule has 0 saturated heterocycles. The Hall–Kier alpha value is -6.07. The molecule has 1 aliphatic carbocycles. The highest BCUT2D eigenvalue weighted by Crippen LogP contribution is 2.43. The summed E-state index contributed by atoms with van der Waals surface area (Å²) in [7, 11) is 0. The van der Waals surface area contributed by atoms with Crippen LogP contribution in [0.5, 0.6) is 0 Å². The SMILES string of the molecule is c1ccc(-n2c3ccc(-c4ccc5c(c4)-c4cccc(-n6c7ncccc7c7cccnc76)c4C5)cc3c3cccnc32)cc1. The average Bonchev–Trinajstić information content (AvgIpc) is 3.76. The van der Waals surface area contributed by atoms with Crippen molar-refractivity contribution in [1.29, 1.82) is 0 Å². The van der Waals surface area contributed by atoms with E-state index >= 15 is 0 Å². The molecule has 0 unspecified atom stereocenters. The zero-order valence-electron chi connectivity index (χ0n) is 24.2. The summed E-state index contributed by atoms with van der Waals surface area (Å²) >= 11 is 0. The van der Waals surface area contributed by atoms with Gasteiger partial charge in [-0.3, -0.25) is 9.13 Å². The highest BCUT2D eigenvalue weighted by atomic mass is 15.1. The molecule has 0 saturated carbocycles. The van der Waals surface area contributed by atoms with Crippen molar-refractivity contribution in [3.8, 4) is 33.6 Å². The topological polar surface area (TPSA) is 48.5 Å². The number of benzene rings is 4. The van der Waals surface area contributed by atoms with Crippen LogP contribution in [0.1, 0.15) is 11.1 Å². The molecule has 0 fully saturated rings. The lowest BCUT2D eigenvalue weighted by molar-refractivity contribution is 1.07. The number of aromatic nitrogens is 5. The van der Waals surface area contributed by atoms with Crippen molar-refractivity contribution in [2.75, 3.05) is 0 Å². The minimum Gasteiger partial charge on any atom is -0.294 e. The summed E-state index contributed by atoms with van der Waals surface area (Å²) in [6, 6.07) is 43.3. The van der Waals surface area contributed by atoms with Crippen molar-refractivity contribution in [2.45, 2.75) is 6.42 Å². The van der Waals surface area contributed by atoms with Gasteiger partial charge in [0, 0.05) is 52.2 Å². The van der Waals surface area contributed by atoms with Crippen LogP contribution < -0.4 is 0 Å². The van der Waals surface area contributed by atoms with E-state index in [2.05, 4.69) is 112 Å². The van der Waals surface area contributed by atoms with E-state index in [9.17, 15) is 0 Å². The Morgan fingerprint density at radius 1 is 0.467 bits per heavy atom. The lowest BCUT2D eigenvalue weighted by atomic mass is 9.97. The largest absolute Gasteiger partial charge is 0.294 e. The van der Waals surface area contributed by atoms with Crippen LogP contribution in [0.3, 0.4) is 0 Å². The Labute approximate surface area is 258 Å². The average molecular weight is 576 g/mol. The zero-order valence-corrected chi connectivity index (χ0v) is 24.2. The molecule has 5 aromatic heterocycles. The summed E-state index contributed by atoms with van der Waals surface area (Å²) in [6.07, 6.45) is 6.48. The van der Waals surface area contributed by atoms with E-state index < -0.39 is 0 Å². The van der Waals surface area contributed by atoms with Crippen molar-refractivity contribution in [1.82, 2.24) is 24.1 Å². The number of hydrogen-bond acceptors (Lipinski definition) is 3. The Morgan fingerprint density at radius 2 is 1.11 bits per heavy atom. The van der Waals surface area contributed by atoms with Gasteiger partial charge < -0.3 is 0 Å². The first kappa shape index (κ1) is 24.4. The van der Waals surface area contributed by atoms with Crippen molar-refractivity contribution < 1.29 is 0 Å². The summed E-state index contributed by atoms with van der Waals surface area (Å²) in [5, 5.41) is 4.60. The third-order valence-electron chi connectivity index (χ3n) is 9.32. The molecule has 45 heavy (non-hydrogen) atoms. The van der Waals surface area contributed by atoms with E-state index in [1.165, 1.54) is 38.8 Å². The van der Waals surface area contributed by atoms with Crippen molar-refractivity contribution in [2.24, 2.45) is 0 Å². The van der Waals surface area contributed by atoms with Crippen molar-refractivity contribution in [3.05, 3.63) is 151 Å². The maximum atomic E-state index is 4.81. The predicted octanol–water partition coefficient (Wildman–Crippen LogP) is 9.30. The van der Waals surface area contributed by atoms with Gasteiger partial charge in [-0.05, 0) is 106 Å². The van der Waals surface area contributed by atoms with Gasteiger partial charge in [-0.25, -0.2) is 15.0 Å². The van der Waals surface area contributed by atoms with Gasteiger partial charge in [0.25, 0.3) is 0 Å². The second kappa shape index (κ2) is 9.21. The molecule has 0 spiro atoms. The molecular formula is C40H25N5. The Balaban J connectivity index is 1.13. The van der Waals surface area contributed by atoms with Gasteiger partial charge in [0.15, 0.2) is 0 Å². The first-order valence-corrected chi connectivity index (χ1v) is 15.2. The van der Waals surface area contributed by atoms with Crippen LogP contribution in [0.15, 0.2) is 140 Å². The van der Waals surface area contributed by atoms with Gasteiger partial charge in [0.05, 0.1) is 11.2 Å². The van der Waals surface area contributed by atoms with Crippen LogP contribution in [0.25, 0.3) is 77.6 Å². The third-order valence-corrected chi connectivity index (χ3v) is 9.32. The number of nitrogens with zero attached hydrogens (tertiary/aromatic N) is 5. The lowest BCUT2D eigenvalue weighted by Gasteiger charge is -2.12. The summed E-state index contributed by atoms with van der Waals surface area (Å²) in [4.78, 5) is 14.4. The van der Waals surface area contributed by atoms with Gasteiger partial charge in [0.2, 0.25) is 0 Å². The van der Waals surface area contributed by atoms with Gasteiger partial charge in [0.1, 0.15) is 16.9 Å². The maximum absolute atomic E-state index is 4.81. The van der Waals surface area contributed by atoms with Crippen LogP contribution in [-0.4, -0.2) is 24.1 Å². The summed E-state index contributed by atoms with van der Waals surface area (Å²) < 4.78 is 4.49. The van der Waals surface area contributed by atoms with Crippen LogP contribution in [0, 0.1) is 0 Å². The van der Waals surface area contributed by atoms with Gasteiger partial charge >= 0.3 is 0 Å². The van der Waals surface area contributed by atoms with Crippen LogP contribution in [0.2, 0.25) is 0 Å². The third kappa shape index (κ3) is 3.46. The number of pyridine rings is 3. The molecule has 5 nitrogen and oxygen atoms in total. The smallest absolute Gasteiger partial charge is 0.146 e. The van der Waals surface area contributed by atoms with E-state index in [0.29, 0.717) is 0 Å². The van der Waals surface area contributed by atoms with E-state index in [1.807, 2.05) is 36.8 Å². The molecular weight excluding hydrogens is 550 g/mol. The second-order valence-electron chi connectivity index (χ2n) is 11.7. The monoisotopic (exact) mass is 575 g/mol. The highest BCUT2D eigenvalue weighted by Gasteiger charge is 2.25. The fourth-order valence-electron chi connectivity index (χ4n) is 7.34. The quantitative estimate of drug-likeness (QED) is 0.211. The molecule has 0 bridgehead atoms. The normalized spacial score (nSPS) is 12.4. The van der Waals surface area contributed by atoms with Crippen LogP contribution in [-0.2, 0) is 6.42 Å². The molecule has 9 aromatic rings. The molecule has 0 radical (unpaired) electrons. The Kier molecular flexibility index (Phi) is 4.99. The van der Waals surface area contributed by atoms with Gasteiger partial charge in [-0.1, -0.05) is 48.5 Å². The molecule has 4 aromatic carbocycles. The molecule has 1 aliphatic rings. The lowest BCUT2D eigenvalue weighted by Crippen LogP contribution is -2.01. The fraction of sp³-hybridized carbons (Fsp3) is 0.0250. The minimum atomic E-state index is 0.872. The number of fused-ring (bicyclic) bond motifs is 9. The second-order valence-corrected chi connectivity index (χ2v) is 11.7. The van der Waals surface area contributed by atoms with Crippen LogP contribution in [0.4, 0.5) is 0 Å². The van der Waals surface area contributed by atoms with Crippen LogP contribution >= 0.6 is 0 Å². The van der Waals surface area contributed by atoms with E-state index in [0.717, 1.165) is 56.4 Å². The molecule has 5 heteroatoms. The highest BCUT2D eigenvalue weighted by molar-refractivity contribution is 6.09. The van der Waals surface area contributed by atoms with E-state index in [1.54, 1.807) is 0 Å². The van der Waals surface area contributed by atoms with Gasteiger partial charge in [-0.15, -0.1) is 0 Å². The summed E-state index contributed by atoms with van der Waals surface area (Å²) in [5.74, 6) is 0. The molecule has 210 valence electrons. The first-order chi connectivity index (χ1) is 22.3. The summed E-state index contributed by atoms with van der Waals surface area (Å²) in [6.45, 7) is 0. The molecule has 5 heterocycles. The van der Waals surface area contributed by atoms with Gasteiger partial charge in [-0.2, -0.15) is 0 Å². The number of hydrogen-bond donors (Lipinski definition) is 0. The fourth-order valence-corrected chi connectivity index (χ4v) is 7.34. The molecule has 0 N–H and O–H groups in total. The maximum Gasteiger partial charge on any atom is 0.146 e. The molecule has 0 aliphatic heterocycles. The van der Waals surface area contributed by atoms with E-state index in [-0.39, 0.29) is 0 Å². The molecule has 0 atom stereocenters. The molecule has 0 amide bonds. The standard InChI is InChI=1S/C40H25N5/c1-2-8-28(9-3-1)44-37-18-17-26(23-35(37)32-13-7-19-41-38(32)44)25-15-16-27-24-34-29(33(27)22-25)10-4-14-36(34)45-39-30(11-5-20-42-39)31-12-6-21-43-40(31)45/h1-23H,24H2. The molecule has 10 rings (SSSR count). The Morgan fingerprint density at radius 3 is 1.84 bits per heavy atom. The predicted molar refractivity (Wildman–Crippen MR) is 182 cm³/mol. The summed E-state index contributed by atoms with van der Waals surface area (Å²) in [5.41, 5.74) is 13.9. The first-order valence-electron chi connectivity index (χ1n) is 15.2.